The summed E-state index contributed by atoms with van der Waals surface area (Å²) < 4.78 is 23.4. The van der Waals surface area contributed by atoms with Gasteiger partial charge in [-0.2, -0.15) is 0 Å². The van der Waals surface area contributed by atoms with E-state index in [2.05, 4.69) is 0 Å². The molecule has 1 heterocycles. The van der Waals surface area contributed by atoms with Gasteiger partial charge in [-0.25, -0.2) is 4.79 Å². The smallest absolute Gasteiger partial charge is 0.333 e. The summed E-state index contributed by atoms with van der Waals surface area (Å²) in [6, 6.07) is 10.3. The molecule has 0 radical (unpaired) electrons. The standard InChI is InChI=1S/C26H27NO7S/c1-6-34-25(29)14-24-27(15-19-12-18(16(2)28)7-8-22(19)33-5)26(30)23(35-24)11-17-9-20(31-3)13-21(10-17)32-4/h7-14H,6,15H2,1-5H3/b23-11+,24-14-. The second-order valence-corrected chi connectivity index (χ2v) is 8.53. The van der Waals surface area contributed by atoms with Crippen LogP contribution in [0.4, 0.5) is 0 Å². The number of rotatable bonds is 9. The van der Waals surface area contributed by atoms with Crippen LogP contribution in [-0.2, 0) is 16.1 Å². The molecule has 0 atom stereocenters. The summed E-state index contributed by atoms with van der Waals surface area (Å²) >= 11 is 1.15. The van der Waals surface area contributed by atoms with Gasteiger partial charge < -0.3 is 18.9 Å². The van der Waals surface area contributed by atoms with Crippen LogP contribution >= 0.6 is 11.3 Å². The molecular formula is C26H27NO7S. The summed E-state index contributed by atoms with van der Waals surface area (Å²) in [4.78, 5) is 37.6. The van der Waals surface area contributed by atoms with Crippen molar-refractivity contribution in [2.45, 2.75) is 20.4 Å². The maximum absolute atomic E-state index is 13.5. The van der Waals surface area contributed by atoms with E-state index in [1.54, 1.807) is 63.6 Å². The summed E-state index contributed by atoms with van der Waals surface area (Å²) in [5.74, 6) is 1.03. The molecule has 0 saturated heterocycles. The lowest BCUT2D eigenvalue weighted by atomic mass is 10.1. The van der Waals surface area contributed by atoms with Crippen LogP contribution < -0.4 is 29.0 Å². The molecule has 0 unspecified atom stereocenters. The average Bonchev–Trinajstić information content (AvgIpc) is 3.12. The molecule has 1 aromatic heterocycles. The Morgan fingerprint density at radius 3 is 2.26 bits per heavy atom. The quantitative estimate of drug-likeness (QED) is 0.331. The molecule has 0 aliphatic carbocycles. The first-order chi connectivity index (χ1) is 16.8. The number of hydrogen-bond acceptors (Lipinski definition) is 8. The number of benzene rings is 2. The molecule has 2 aromatic carbocycles. The van der Waals surface area contributed by atoms with Gasteiger partial charge in [0.05, 0.1) is 45.1 Å². The number of carbonyl (C=O) groups is 2. The third-order valence-electron chi connectivity index (χ3n) is 5.15. The molecule has 0 spiro atoms. The predicted molar refractivity (Wildman–Crippen MR) is 134 cm³/mol. The van der Waals surface area contributed by atoms with E-state index in [-0.39, 0.29) is 24.5 Å². The van der Waals surface area contributed by atoms with Crippen molar-refractivity contribution < 1.29 is 28.5 Å². The number of carbonyl (C=O) groups excluding carboxylic acids is 2. The van der Waals surface area contributed by atoms with Crippen molar-refractivity contribution in [2.24, 2.45) is 0 Å². The van der Waals surface area contributed by atoms with Crippen molar-refractivity contribution in [2.75, 3.05) is 27.9 Å². The molecule has 35 heavy (non-hydrogen) atoms. The van der Waals surface area contributed by atoms with E-state index in [9.17, 15) is 14.4 Å². The topological polar surface area (TPSA) is 93.1 Å². The monoisotopic (exact) mass is 497 g/mol. The van der Waals surface area contributed by atoms with E-state index >= 15 is 0 Å². The summed E-state index contributed by atoms with van der Waals surface area (Å²) in [6.07, 6.45) is 3.00. The highest BCUT2D eigenvalue weighted by Crippen LogP contribution is 2.23. The molecule has 0 bridgehead atoms. The zero-order valence-corrected chi connectivity index (χ0v) is 21.1. The molecule has 0 amide bonds. The van der Waals surface area contributed by atoms with E-state index < -0.39 is 5.97 Å². The maximum atomic E-state index is 13.5. The number of methoxy groups -OCH3 is 3. The van der Waals surface area contributed by atoms with Crippen LogP contribution in [0.15, 0.2) is 41.2 Å². The van der Waals surface area contributed by atoms with E-state index in [0.29, 0.717) is 43.1 Å². The Hall–Kier alpha value is -3.85. The van der Waals surface area contributed by atoms with E-state index in [1.165, 1.54) is 24.7 Å². The normalized spacial score (nSPS) is 11.9. The number of ether oxygens (including phenoxy) is 4. The minimum atomic E-state index is -0.554. The Morgan fingerprint density at radius 2 is 1.69 bits per heavy atom. The third kappa shape index (κ3) is 6.19. The first-order valence-electron chi connectivity index (χ1n) is 10.8. The molecule has 0 aliphatic rings. The van der Waals surface area contributed by atoms with Gasteiger partial charge in [-0.1, -0.05) is 0 Å². The number of hydrogen-bond donors (Lipinski definition) is 0. The zero-order chi connectivity index (χ0) is 25.5. The molecule has 0 aliphatic heterocycles. The van der Waals surface area contributed by atoms with Gasteiger partial charge in [0.2, 0.25) is 0 Å². The van der Waals surface area contributed by atoms with Gasteiger partial charge in [-0.3, -0.25) is 14.2 Å². The highest BCUT2D eigenvalue weighted by Gasteiger charge is 2.13. The largest absolute Gasteiger partial charge is 0.497 e. The Labute approximate surface area is 206 Å². The van der Waals surface area contributed by atoms with E-state index in [1.807, 2.05) is 0 Å². The molecule has 9 heteroatoms. The van der Waals surface area contributed by atoms with E-state index in [4.69, 9.17) is 18.9 Å². The zero-order valence-electron chi connectivity index (χ0n) is 20.2. The van der Waals surface area contributed by atoms with Crippen LogP contribution in [0.1, 0.15) is 35.3 Å². The fraction of sp³-hybridized carbons (Fsp3) is 0.269. The van der Waals surface area contributed by atoms with Crippen LogP contribution in [0.25, 0.3) is 12.2 Å². The molecule has 184 valence electrons. The summed E-state index contributed by atoms with van der Waals surface area (Å²) in [5.41, 5.74) is 1.52. The molecule has 3 aromatic rings. The second-order valence-electron chi connectivity index (χ2n) is 7.47. The number of Topliss-reactive ketones (excluding diaryl/α,β-unsaturated/α-hetero) is 1. The first kappa shape index (κ1) is 25.8. The highest BCUT2D eigenvalue weighted by molar-refractivity contribution is 7.07. The minimum Gasteiger partial charge on any atom is -0.497 e. The second kappa shape index (κ2) is 11.5. The van der Waals surface area contributed by atoms with Crippen molar-refractivity contribution in [3.05, 3.63) is 72.6 Å². The fourth-order valence-corrected chi connectivity index (χ4v) is 4.46. The molecule has 8 nitrogen and oxygen atoms in total. The van der Waals surface area contributed by atoms with Crippen LogP contribution in [0.5, 0.6) is 17.2 Å². The van der Waals surface area contributed by atoms with Crippen molar-refractivity contribution in [3.63, 3.8) is 0 Å². The Morgan fingerprint density at radius 1 is 1.00 bits per heavy atom. The molecule has 3 rings (SSSR count). The maximum Gasteiger partial charge on any atom is 0.333 e. The Kier molecular flexibility index (Phi) is 8.48. The molecular weight excluding hydrogens is 470 g/mol. The average molecular weight is 498 g/mol. The van der Waals surface area contributed by atoms with Crippen LogP contribution in [0.2, 0.25) is 0 Å². The predicted octanol–water partition coefficient (Wildman–Crippen LogP) is 2.36. The van der Waals surface area contributed by atoms with Crippen LogP contribution in [-0.4, -0.2) is 44.3 Å². The van der Waals surface area contributed by atoms with Gasteiger partial charge in [-0.15, -0.1) is 11.3 Å². The number of thiazole rings is 1. The number of nitrogens with zero attached hydrogens (tertiary/aromatic N) is 1. The summed E-state index contributed by atoms with van der Waals surface area (Å²) in [7, 11) is 4.61. The van der Waals surface area contributed by atoms with Crippen LogP contribution in [0.3, 0.4) is 0 Å². The molecule has 0 fully saturated rings. The van der Waals surface area contributed by atoms with Crippen LogP contribution in [0, 0.1) is 0 Å². The van der Waals surface area contributed by atoms with Gasteiger partial charge in [0.25, 0.3) is 5.56 Å². The number of aromatic nitrogens is 1. The lowest BCUT2D eigenvalue weighted by Crippen LogP contribution is -2.32. The van der Waals surface area contributed by atoms with Crippen molar-refractivity contribution in [3.8, 4) is 17.2 Å². The number of ketones is 1. The summed E-state index contributed by atoms with van der Waals surface area (Å²) in [5, 5.41) is 0. The highest BCUT2D eigenvalue weighted by atomic mass is 32.1. The van der Waals surface area contributed by atoms with Gasteiger partial charge in [0.15, 0.2) is 5.78 Å². The SMILES string of the molecule is CCOC(=O)/C=c1\s/c(=C/c2cc(OC)cc(OC)c2)c(=O)n1Cc1cc(C(C)=O)ccc1OC. The molecule has 0 saturated carbocycles. The van der Waals surface area contributed by atoms with Gasteiger partial charge in [0, 0.05) is 17.2 Å². The van der Waals surface area contributed by atoms with Gasteiger partial charge in [-0.05, 0) is 55.8 Å². The third-order valence-corrected chi connectivity index (χ3v) is 6.21. The number of esters is 1. The minimum absolute atomic E-state index is 0.0974. The Bertz CT molecular complexity index is 1400. The van der Waals surface area contributed by atoms with Gasteiger partial charge in [0.1, 0.15) is 21.9 Å². The van der Waals surface area contributed by atoms with Crippen molar-refractivity contribution >= 4 is 35.2 Å². The first-order valence-corrected chi connectivity index (χ1v) is 11.6. The van der Waals surface area contributed by atoms with Gasteiger partial charge >= 0.3 is 5.97 Å². The lowest BCUT2D eigenvalue weighted by Gasteiger charge is -2.10. The van der Waals surface area contributed by atoms with Crippen molar-refractivity contribution in [1.82, 2.24) is 4.57 Å². The summed E-state index contributed by atoms with van der Waals surface area (Å²) in [6.45, 7) is 3.49. The van der Waals surface area contributed by atoms with E-state index in [0.717, 1.165) is 11.3 Å². The molecule has 0 N–H and O–H groups in total. The fourth-order valence-electron chi connectivity index (χ4n) is 3.43. The Balaban J connectivity index is 2.22. The van der Waals surface area contributed by atoms with Crippen molar-refractivity contribution in [1.29, 1.82) is 0 Å². The lowest BCUT2D eigenvalue weighted by molar-refractivity contribution is -0.135.